The van der Waals surface area contributed by atoms with E-state index in [1.165, 1.54) is 96.3 Å². The van der Waals surface area contributed by atoms with Crippen molar-refractivity contribution in [3.05, 3.63) is 18.8 Å². The van der Waals surface area contributed by atoms with Gasteiger partial charge in [0, 0.05) is 6.42 Å². The van der Waals surface area contributed by atoms with Crippen LogP contribution in [-0.2, 0) is 4.79 Å². The first-order chi connectivity index (χ1) is 14.2. The van der Waals surface area contributed by atoms with Crippen LogP contribution in [-0.4, -0.2) is 17.1 Å². The van der Waals surface area contributed by atoms with Crippen LogP contribution < -0.4 is 5.32 Å². The number of carbonyl (C=O) groups is 1. The first kappa shape index (κ1) is 28.2. The van der Waals surface area contributed by atoms with Gasteiger partial charge in [0.25, 0.3) is 0 Å². The third kappa shape index (κ3) is 21.7. The molecule has 0 spiro atoms. The number of rotatable bonds is 22. The van der Waals surface area contributed by atoms with Gasteiger partial charge in [-0.1, -0.05) is 103 Å². The van der Waals surface area contributed by atoms with E-state index in [0.717, 1.165) is 25.9 Å². The van der Waals surface area contributed by atoms with Gasteiger partial charge in [0.15, 0.2) is 0 Å². The SMILES string of the molecule is CCCCCCCC/C=C\CCCCCCCCCCCC(=O)NC([CH]O)CC. The van der Waals surface area contributed by atoms with Gasteiger partial charge in [-0.2, -0.15) is 0 Å². The monoisotopic (exact) mass is 408 g/mol. The number of aliphatic hydroxyl groups is 1. The molecule has 29 heavy (non-hydrogen) atoms. The Bertz CT molecular complexity index is 364. The highest BCUT2D eigenvalue weighted by atomic mass is 16.3. The standard InChI is InChI=1S/C26H50NO2/c1-3-5-6-7-8-9-10-11-12-13-14-15-16-17-18-19-20-21-22-23-26(29)27-25(4-2)24-28/h11-12,24-25,28H,3-10,13-23H2,1-2H3,(H,27,29)/b12-11-. The average molecular weight is 409 g/mol. The second-order valence-electron chi connectivity index (χ2n) is 8.48. The molecule has 0 saturated carbocycles. The van der Waals surface area contributed by atoms with Crippen molar-refractivity contribution >= 4 is 5.91 Å². The van der Waals surface area contributed by atoms with Crippen LogP contribution in [0, 0.1) is 6.61 Å². The number of amides is 1. The molecule has 0 fully saturated rings. The van der Waals surface area contributed by atoms with Crippen LogP contribution in [0.15, 0.2) is 12.2 Å². The minimum atomic E-state index is -0.196. The van der Waals surface area contributed by atoms with Crippen LogP contribution >= 0.6 is 0 Å². The summed E-state index contributed by atoms with van der Waals surface area (Å²) in [5.41, 5.74) is 0. The Hall–Kier alpha value is -0.830. The molecule has 0 aromatic carbocycles. The van der Waals surface area contributed by atoms with Crippen molar-refractivity contribution in [1.82, 2.24) is 5.32 Å². The van der Waals surface area contributed by atoms with E-state index in [4.69, 9.17) is 5.11 Å². The fourth-order valence-corrected chi connectivity index (χ4v) is 3.59. The van der Waals surface area contributed by atoms with Crippen LogP contribution in [0.4, 0.5) is 0 Å². The zero-order valence-corrected chi connectivity index (χ0v) is 19.6. The summed E-state index contributed by atoms with van der Waals surface area (Å²) in [7, 11) is 0. The number of unbranched alkanes of at least 4 members (excludes halogenated alkanes) is 15. The first-order valence-corrected chi connectivity index (χ1v) is 12.7. The average Bonchev–Trinajstić information content (AvgIpc) is 2.73. The number of allylic oxidation sites excluding steroid dienone is 2. The number of hydrogen-bond donors (Lipinski definition) is 2. The van der Waals surface area contributed by atoms with E-state index in [1.807, 2.05) is 6.92 Å². The lowest BCUT2D eigenvalue weighted by atomic mass is 10.1. The lowest BCUT2D eigenvalue weighted by Gasteiger charge is -2.13. The number of nitrogens with one attached hydrogen (secondary N) is 1. The fourth-order valence-electron chi connectivity index (χ4n) is 3.59. The second kappa shape index (κ2) is 23.4. The van der Waals surface area contributed by atoms with Crippen LogP contribution in [0.2, 0.25) is 0 Å². The van der Waals surface area contributed by atoms with Gasteiger partial charge in [-0.15, -0.1) is 0 Å². The van der Waals surface area contributed by atoms with Crippen molar-refractivity contribution in [3.63, 3.8) is 0 Å². The second-order valence-corrected chi connectivity index (χ2v) is 8.48. The summed E-state index contributed by atoms with van der Waals surface area (Å²) in [6, 6.07) is -0.196. The van der Waals surface area contributed by atoms with Gasteiger partial charge in [0.2, 0.25) is 5.91 Å². The zero-order chi connectivity index (χ0) is 21.4. The Kier molecular flexibility index (Phi) is 22.8. The fraction of sp³-hybridized carbons (Fsp3) is 0.846. The normalized spacial score (nSPS) is 12.5. The molecule has 171 valence electrons. The molecular weight excluding hydrogens is 358 g/mol. The maximum Gasteiger partial charge on any atom is 0.220 e. The van der Waals surface area contributed by atoms with Crippen molar-refractivity contribution in [2.24, 2.45) is 0 Å². The summed E-state index contributed by atoms with van der Waals surface area (Å²) in [5.74, 6) is 0.0585. The van der Waals surface area contributed by atoms with Gasteiger partial charge in [-0.05, 0) is 38.5 Å². The van der Waals surface area contributed by atoms with Gasteiger partial charge in [0.1, 0.15) is 6.61 Å². The van der Waals surface area contributed by atoms with E-state index in [1.54, 1.807) is 0 Å². The Morgan fingerprint density at radius 3 is 1.62 bits per heavy atom. The number of aliphatic hydroxyl groups excluding tert-OH is 1. The smallest absolute Gasteiger partial charge is 0.220 e. The highest BCUT2D eigenvalue weighted by molar-refractivity contribution is 5.76. The maximum absolute atomic E-state index is 11.7. The molecule has 0 saturated heterocycles. The molecule has 0 bridgehead atoms. The molecule has 1 unspecified atom stereocenters. The molecule has 1 radical (unpaired) electrons. The van der Waals surface area contributed by atoms with Crippen molar-refractivity contribution in [3.8, 4) is 0 Å². The molecule has 3 nitrogen and oxygen atoms in total. The molecule has 0 rings (SSSR count). The Morgan fingerprint density at radius 2 is 1.17 bits per heavy atom. The van der Waals surface area contributed by atoms with E-state index in [0.29, 0.717) is 6.42 Å². The Balaban J connectivity index is 3.22. The van der Waals surface area contributed by atoms with Crippen LogP contribution in [0.25, 0.3) is 0 Å². The molecule has 1 amide bonds. The Labute approximate surface area is 182 Å². The minimum absolute atomic E-state index is 0.0585. The zero-order valence-electron chi connectivity index (χ0n) is 19.6. The molecule has 0 aliphatic heterocycles. The highest BCUT2D eigenvalue weighted by Gasteiger charge is 2.08. The van der Waals surface area contributed by atoms with Crippen molar-refractivity contribution < 1.29 is 9.90 Å². The van der Waals surface area contributed by atoms with Gasteiger partial charge < -0.3 is 10.4 Å². The molecular formula is C26H50NO2. The molecule has 0 aromatic heterocycles. The number of hydrogen-bond acceptors (Lipinski definition) is 2. The maximum atomic E-state index is 11.7. The lowest BCUT2D eigenvalue weighted by Crippen LogP contribution is -2.34. The van der Waals surface area contributed by atoms with Crippen molar-refractivity contribution in [2.45, 2.75) is 142 Å². The highest BCUT2D eigenvalue weighted by Crippen LogP contribution is 2.12. The molecule has 3 heteroatoms. The first-order valence-electron chi connectivity index (χ1n) is 12.7. The van der Waals surface area contributed by atoms with Gasteiger partial charge in [-0.3, -0.25) is 4.79 Å². The van der Waals surface area contributed by atoms with Crippen LogP contribution in [0.1, 0.15) is 136 Å². The van der Waals surface area contributed by atoms with Crippen molar-refractivity contribution in [1.29, 1.82) is 0 Å². The predicted octanol–water partition coefficient (Wildman–Crippen LogP) is 8.01. The third-order valence-corrected chi connectivity index (χ3v) is 5.63. The predicted molar refractivity (Wildman–Crippen MR) is 126 cm³/mol. The van der Waals surface area contributed by atoms with E-state index >= 15 is 0 Å². The van der Waals surface area contributed by atoms with Gasteiger partial charge in [-0.25, -0.2) is 0 Å². The van der Waals surface area contributed by atoms with E-state index < -0.39 is 0 Å². The molecule has 2 N–H and O–H groups in total. The minimum Gasteiger partial charge on any atom is -0.388 e. The molecule has 0 aliphatic carbocycles. The Morgan fingerprint density at radius 1 is 0.724 bits per heavy atom. The largest absolute Gasteiger partial charge is 0.388 e. The van der Waals surface area contributed by atoms with E-state index in [-0.39, 0.29) is 11.9 Å². The van der Waals surface area contributed by atoms with Crippen molar-refractivity contribution in [2.75, 3.05) is 0 Å². The number of carbonyl (C=O) groups excluding carboxylic acids is 1. The van der Waals surface area contributed by atoms with Crippen LogP contribution in [0.5, 0.6) is 0 Å². The summed E-state index contributed by atoms with van der Waals surface area (Å²) in [6.07, 6.45) is 28.3. The van der Waals surface area contributed by atoms with Crippen LogP contribution in [0.3, 0.4) is 0 Å². The molecule has 0 aromatic rings. The molecule has 1 atom stereocenters. The summed E-state index contributed by atoms with van der Waals surface area (Å²) in [4.78, 5) is 11.7. The topological polar surface area (TPSA) is 49.3 Å². The molecule has 0 heterocycles. The quantitative estimate of drug-likeness (QED) is 0.141. The summed E-state index contributed by atoms with van der Waals surface area (Å²) in [5, 5.41) is 11.8. The third-order valence-electron chi connectivity index (χ3n) is 5.63. The van der Waals surface area contributed by atoms with E-state index in [9.17, 15) is 4.79 Å². The van der Waals surface area contributed by atoms with Gasteiger partial charge >= 0.3 is 0 Å². The van der Waals surface area contributed by atoms with Gasteiger partial charge in [0.05, 0.1) is 6.04 Å². The summed E-state index contributed by atoms with van der Waals surface area (Å²) in [6.45, 7) is 5.30. The lowest BCUT2D eigenvalue weighted by molar-refractivity contribution is -0.121. The van der Waals surface area contributed by atoms with E-state index in [2.05, 4.69) is 24.4 Å². The molecule has 0 aliphatic rings. The summed E-state index contributed by atoms with van der Waals surface area (Å²) >= 11 is 0. The summed E-state index contributed by atoms with van der Waals surface area (Å²) < 4.78 is 0.